The van der Waals surface area contributed by atoms with Crippen LogP contribution < -0.4 is 0 Å². The van der Waals surface area contributed by atoms with Crippen molar-refractivity contribution in [2.45, 2.75) is 26.3 Å². The largest absolute Gasteiger partial charge is 0.320 e. The van der Waals surface area contributed by atoms with Gasteiger partial charge in [-0.05, 0) is 23.4 Å². The van der Waals surface area contributed by atoms with E-state index in [4.69, 9.17) is 3.07 Å². The number of hydrogen-bond acceptors (Lipinski definition) is 2. The molecular weight excluding hydrogens is 265 g/mol. The van der Waals surface area contributed by atoms with Crippen LogP contribution in [-0.2, 0) is 3.07 Å². The maximum atomic E-state index is 5.44. The molecule has 1 saturated heterocycles. The summed E-state index contributed by atoms with van der Waals surface area (Å²) in [5.41, 5.74) is 0.474. The highest BCUT2D eigenvalue weighted by molar-refractivity contribution is 14.2. The lowest BCUT2D eigenvalue weighted by atomic mass is 9.91. The fraction of sp³-hybridized carbons (Fsp3) is 0.889. The highest BCUT2D eigenvalue weighted by Crippen LogP contribution is 2.32. The quantitative estimate of drug-likeness (QED) is 0.735. The molecule has 0 aromatic rings. The summed E-state index contributed by atoms with van der Waals surface area (Å²) in [4.78, 5) is 2.40. The average Bonchev–Trinajstić information content (AvgIpc) is 2.20. The molecule has 0 bridgehead atoms. The van der Waals surface area contributed by atoms with Gasteiger partial charge in [0.15, 0.2) is 0 Å². The first-order valence-electron chi connectivity index (χ1n) is 4.26. The van der Waals surface area contributed by atoms with Gasteiger partial charge in [-0.15, -0.1) is 0 Å². The minimum Gasteiger partial charge on any atom is -0.320 e. The zero-order valence-electron chi connectivity index (χ0n) is 8.14. The Hall–Kier alpha value is 0.520. The van der Waals surface area contributed by atoms with E-state index in [1.165, 1.54) is 13.0 Å². The summed E-state index contributed by atoms with van der Waals surface area (Å²) in [5.74, 6) is 0. The fourth-order valence-electron chi connectivity index (χ4n) is 1.97. The first-order chi connectivity index (χ1) is 5.55. The lowest BCUT2D eigenvalue weighted by Gasteiger charge is -2.17. The second kappa shape index (κ2) is 4.15. The molecule has 0 aromatic heterocycles. The van der Waals surface area contributed by atoms with Crippen LogP contribution in [0.5, 0.6) is 0 Å². The zero-order chi connectivity index (χ0) is 9.19. The molecule has 72 valence electrons. The summed E-state index contributed by atoms with van der Waals surface area (Å²) >= 11 is -0.238. The molecule has 0 spiro atoms. The van der Waals surface area contributed by atoms with Gasteiger partial charge in [-0.25, -0.2) is 0 Å². The van der Waals surface area contributed by atoms with Crippen molar-refractivity contribution in [3.8, 4) is 0 Å². The maximum absolute atomic E-state index is 5.44. The van der Waals surface area contributed by atoms with Crippen molar-refractivity contribution in [2.75, 3.05) is 20.2 Å². The highest BCUT2D eigenvalue weighted by atomic mass is 127. The van der Waals surface area contributed by atoms with Crippen molar-refractivity contribution >= 4 is 25.7 Å². The molecule has 0 aliphatic carbocycles. The molecule has 0 aromatic carbocycles. The molecule has 1 aliphatic heterocycles. The van der Waals surface area contributed by atoms with Crippen molar-refractivity contribution in [3.63, 3.8) is 0 Å². The minimum atomic E-state index is -0.238. The van der Waals surface area contributed by atoms with Gasteiger partial charge in [0.05, 0.1) is 6.61 Å². The third-order valence-corrected chi connectivity index (χ3v) is 3.22. The summed E-state index contributed by atoms with van der Waals surface area (Å²) < 4.78 is 9.22. The third kappa shape index (κ3) is 2.78. The topological polar surface area (TPSA) is 12.5 Å². The van der Waals surface area contributed by atoms with Crippen LogP contribution in [0.4, 0.5) is 0 Å². The van der Waals surface area contributed by atoms with Gasteiger partial charge >= 0.3 is 0 Å². The summed E-state index contributed by atoms with van der Waals surface area (Å²) in [7, 11) is 2.18. The smallest absolute Gasteiger partial charge is 0.0742 e. The van der Waals surface area contributed by atoms with E-state index in [0.29, 0.717) is 11.5 Å². The molecule has 3 heteroatoms. The lowest BCUT2D eigenvalue weighted by molar-refractivity contribution is 0.236. The molecule has 1 rings (SSSR count). The van der Waals surface area contributed by atoms with Crippen LogP contribution in [0.2, 0.25) is 0 Å². The van der Waals surface area contributed by atoms with Crippen molar-refractivity contribution < 1.29 is 3.07 Å². The average molecular weight is 283 g/mol. The van der Waals surface area contributed by atoms with E-state index in [2.05, 4.69) is 30.3 Å². The SMILES string of the molecule is C=IOCC1CC(C)(C)CN1C. The van der Waals surface area contributed by atoms with Crippen molar-refractivity contribution in [1.29, 1.82) is 0 Å². The molecule has 0 N–H and O–H groups in total. The Balaban J connectivity index is 2.41. The number of likely N-dealkylation sites (N-methyl/N-ethyl adjacent to an activating group) is 1. The van der Waals surface area contributed by atoms with Crippen LogP contribution >= 0.6 is 21.1 Å². The minimum absolute atomic E-state index is 0.238. The second-order valence-electron chi connectivity index (χ2n) is 4.32. The molecule has 0 saturated carbocycles. The normalized spacial score (nSPS) is 29.4. The molecule has 0 amide bonds. The monoisotopic (exact) mass is 283 g/mol. The Kier molecular flexibility index (Phi) is 3.67. The Labute approximate surface area is 85.6 Å². The molecule has 1 unspecified atom stereocenters. The summed E-state index contributed by atoms with van der Waals surface area (Å²) in [5, 5.41) is 0. The van der Waals surface area contributed by atoms with Gasteiger partial charge in [-0.1, -0.05) is 13.8 Å². The fourth-order valence-corrected chi connectivity index (χ4v) is 2.64. The van der Waals surface area contributed by atoms with E-state index < -0.39 is 0 Å². The van der Waals surface area contributed by atoms with Gasteiger partial charge in [-0.3, -0.25) is 0 Å². The Morgan fingerprint density at radius 1 is 1.67 bits per heavy atom. The predicted molar refractivity (Wildman–Crippen MR) is 61.9 cm³/mol. The first kappa shape index (κ1) is 10.6. The molecule has 1 aliphatic rings. The lowest BCUT2D eigenvalue weighted by Crippen LogP contribution is -2.28. The van der Waals surface area contributed by atoms with E-state index in [1.807, 2.05) is 0 Å². The Morgan fingerprint density at radius 2 is 2.33 bits per heavy atom. The molecule has 1 fully saturated rings. The number of rotatable bonds is 3. The first-order valence-corrected chi connectivity index (χ1v) is 6.66. The van der Waals surface area contributed by atoms with Gasteiger partial charge in [-0.2, -0.15) is 0 Å². The number of likely N-dealkylation sites (tertiary alicyclic amines) is 1. The van der Waals surface area contributed by atoms with E-state index in [-0.39, 0.29) is 21.1 Å². The van der Waals surface area contributed by atoms with Gasteiger partial charge in [0, 0.05) is 33.7 Å². The number of halogens is 1. The predicted octanol–water partition coefficient (Wildman–Crippen LogP) is 2.05. The van der Waals surface area contributed by atoms with Crippen LogP contribution in [0.25, 0.3) is 0 Å². The standard InChI is InChI=1S/C9H18INO/c1-9(2)5-8(6-12-10-3)11(4)7-9/h8H,3,5-7H2,1-2,4H3. The Morgan fingerprint density at radius 3 is 2.75 bits per heavy atom. The zero-order valence-corrected chi connectivity index (χ0v) is 10.3. The molecule has 1 heterocycles. The maximum Gasteiger partial charge on any atom is 0.0742 e. The van der Waals surface area contributed by atoms with Crippen LogP contribution in [-0.4, -0.2) is 35.7 Å². The highest BCUT2D eigenvalue weighted by Gasteiger charge is 2.34. The van der Waals surface area contributed by atoms with Crippen LogP contribution in [0.1, 0.15) is 20.3 Å². The summed E-state index contributed by atoms with van der Waals surface area (Å²) in [6, 6.07) is 0.626. The van der Waals surface area contributed by atoms with Crippen molar-refractivity contribution in [3.05, 3.63) is 0 Å². The third-order valence-electron chi connectivity index (χ3n) is 2.42. The molecule has 12 heavy (non-hydrogen) atoms. The van der Waals surface area contributed by atoms with Crippen molar-refractivity contribution in [1.82, 2.24) is 4.90 Å². The van der Waals surface area contributed by atoms with E-state index in [0.717, 1.165) is 6.61 Å². The molecule has 1 atom stereocenters. The Bertz CT molecular complexity index is 170. The van der Waals surface area contributed by atoms with E-state index in [9.17, 15) is 0 Å². The summed E-state index contributed by atoms with van der Waals surface area (Å²) in [6.07, 6.45) is 1.26. The van der Waals surface area contributed by atoms with Crippen LogP contribution in [0, 0.1) is 5.41 Å². The molecular formula is C9H18INO. The van der Waals surface area contributed by atoms with Crippen LogP contribution in [0.3, 0.4) is 0 Å². The van der Waals surface area contributed by atoms with Gasteiger partial charge in [0.1, 0.15) is 0 Å². The van der Waals surface area contributed by atoms with E-state index in [1.54, 1.807) is 0 Å². The van der Waals surface area contributed by atoms with Crippen molar-refractivity contribution in [2.24, 2.45) is 5.41 Å². The van der Waals surface area contributed by atoms with Gasteiger partial charge in [0.25, 0.3) is 0 Å². The molecule has 0 radical (unpaired) electrons. The second-order valence-corrected chi connectivity index (χ2v) is 5.57. The summed E-state index contributed by atoms with van der Waals surface area (Å²) in [6.45, 7) is 6.72. The van der Waals surface area contributed by atoms with Gasteiger partial charge in [0.2, 0.25) is 0 Å². The number of nitrogens with zero attached hydrogens (tertiary/aromatic N) is 1. The number of hydrogen-bond donors (Lipinski definition) is 0. The van der Waals surface area contributed by atoms with E-state index >= 15 is 0 Å². The molecule has 2 nitrogen and oxygen atoms in total. The van der Waals surface area contributed by atoms with Gasteiger partial charge < -0.3 is 7.97 Å². The van der Waals surface area contributed by atoms with Crippen LogP contribution in [0.15, 0.2) is 0 Å².